The third-order valence-corrected chi connectivity index (χ3v) is 4.26. The van der Waals surface area contributed by atoms with Gasteiger partial charge in [0, 0.05) is 37.9 Å². The largest absolute Gasteiger partial charge is 0.469 e. The summed E-state index contributed by atoms with van der Waals surface area (Å²) in [5.41, 5.74) is 2.37. The summed E-state index contributed by atoms with van der Waals surface area (Å²) in [5, 5.41) is 0. The Labute approximate surface area is 130 Å². The Hall–Kier alpha value is -2.20. The van der Waals surface area contributed by atoms with E-state index in [1.165, 1.54) is 12.7 Å². The molecule has 1 aromatic carbocycles. The molecule has 1 aliphatic heterocycles. The van der Waals surface area contributed by atoms with Gasteiger partial charge in [0.25, 0.3) is 0 Å². The molecule has 1 fully saturated rings. The molecule has 0 bridgehead atoms. The zero-order valence-electron chi connectivity index (χ0n) is 12.7. The number of nitrogens with zero attached hydrogens (tertiary/aromatic N) is 2. The van der Waals surface area contributed by atoms with Crippen LogP contribution in [0.2, 0.25) is 0 Å². The number of methoxy groups -OCH3 is 1. The van der Waals surface area contributed by atoms with E-state index in [-0.39, 0.29) is 17.8 Å². The minimum atomic E-state index is -0.135. The summed E-state index contributed by atoms with van der Waals surface area (Å²) in [5.74, 6) is -0.118. The maximum Gasteiger partial charge on any atom is 0.310 e. The Balaban J connectivity index is 1.78. The van der Waals surface area contributed by atoms with Gasteiger partial charge in [0.2, 0.25) is 0 Å². The van der Waals surface area contributed by atoms with Crippen LogP contribution in [-0.2, 0) is 16.1 Å². The summed E-state index contributed by atoms with van der Waals surface area (Å²) in [6.07, 6.45) is 3.61. The fourth-order valence-electron chi connectivity index (χ4n) is 3.18. The fraction of sp³-hybridized carbons (Fsp3) is 0.333. The molecule has 0 radical (unpaired) electrons. The van der Waals surface area contributed by atoms with Crippen LogP contribution in [0.15, 0.2) is 54.9 Å². The molecule has 4 nitrogen and oxygen atoms in total. The molecule has 1 aliphatic rings. The van der Waals surface area contributed by atoms with E-state index in [1.54, 1.807) is 6.20 Å². The number of carbonyl (C=O) groups excluding carboxylic acids is 1. The molecule has 1 saturated heterocycles. The predicted molar refractivity (Wildman–Crippen MR) is 84.2 cm³/mol. The van der Waals surface area contributed by atoms with Gasteiger partial charge in [-0.2, -0.15) is 0 Å². The number of esters is 1. The molecule has 2 aromatic rings. The molecule has 114 valence electrons. The summed E-state index contributed by atoms with van der Waals surface area (Å²) in [6.45, 7) is 2.42. The molecule has 0 spiro atoms. The van der Waals surface area contributed by atoms with Crippen LogP contribution in [0.5, 0.6) is 0 Å². The van der Waals surface area contributed by atoms with E-state index < -0.39 is 0 Å². The van der Waals surface area contributed by atoms with Gasteiger partial charge >= 0.3 is 5.97 Å². The monoisotopic (exact) mass is 296 g/mol. The highest BCUT2D eigenvalue weighted by Crippen LogP contribution is 2.33. The van der Waals surface area contributed by atoms with E-state index in [4.69, 9.17) is 4.74 Å². The molecule has 3 rings (SSSR count). The third kappa shape index (κ3) is 3.17. The van der Waals surface area contributed by atoms with Crippen LogP contribution in [0.4, 0.5) is 0 Å². The minimum Gasteiger partial charge on any atom is -0.469 e. The second-order valence-electron chi connectivity index (χ2n) is 5.70. The molecular weight excluding hydrogens is 276 g/mol. The van der Waals surface area contributed by atoms with Gasteiger partial charge in [-0.1, -0.05) is 36.4 Å². The van der Waals surface area contributed by atoms with Crippen molar-refractivity contribution in [2.75, 3.05) is 20.2 Å². The molecule has 4 heteroatoms. The molecule has 22 heavy (non-hydrogen) atoms. The average molecular weight is 296 g/mol. The van der Waals surface area contributed by atoms with Gasteiger partial charge in [-0.15, -0.1) is 0 Å². The normalized spacial score (nSPS) is 21.7. The second-order valence-corrected chi connectivity index (χ2v) is 5.70. The first kappa shape index (κ1) is 14.7. The fourth-order valence-corrected chi connectivity index (χ4v) is 3.18. The van der Waals surface area contributed by atoms with Crippen LogP contribution < -0.4 is 0 Å². The van der Waals surface area contributed by atoms with Gasteiger partial charge in [-0.3, -0.25) is 14.7 Å². The van der Waals surface area contributed by atoms with Crippen LogP contribution in [0.3, 0.4) is 0 Å². The van der Waals surface area contributed by atoms with E-state index in [2.05, 4.69) is 22.0 Å². The zero-order valence-corrected chi connectivity index (χ0v) is 12.7. The maximum atomic E-state index is 12.1. The second kappa shape index (κ2) is 6.71. The summed E-state index contributed by atoms with van der Waals surface area (Å²) in [4.78, 5) is 18.6. The SMILES string of the molecule is COC(=O)[C@H]1CN(Cc2ccccc2)CC1c1cccnc1. The van der Waals surface area contributed by atoms with E-state index in [1.807, 2.05) is 36.5 Å². The number of carbonyl (C=O) groups is 1. The van der Waals surface area contributed by atoms with Gasteiger partial charge in [0.05, 0.1) is 13.0 Å². The van der Waals surface area contributed by atoms with E-state index in [0.29, 0.717) is 0 Å². The van der Waals surface area contributed by atoms with Crippen molar-refractivity contribution >= 4 is 5.97 Å². The lowest BCUT2D eigenvalue weighted by Gasteiger charge is -2.16. The lowest BCUT2D eigenvalue weighted by atomic mass is 9.90. The summed E-state index contributed by atoms with van der Waals surface area (Å²) in [7, 11) is 1.46. The molecule has 1 unspecified atom stereocenters. The molecule has 0 amide bonds. The van der Waals surface area contributed by atoms with Crippen molar-refractivity contribution in [2.45, 2.75) is 12.5 Å². The van der Waals surface area contributed by atoms with Crippen LogP contribution in [0, 0.1) is 5.92 Å². The van der Waals surface area contributed by atoms with Crippen molar-refractivity contribution in [1.82, 2.24) is 9.88 Å². The van der Waals surface area contributed by atoms with Crippen molar-refractivity contribution < 1.29 is 9.53 Å². The summed E-state index contributed by atoms with van der Waals surface area (Å²) >= 11 is 0. The number of rotatable bonds is 4. The number of ether oxygens (including phenoxy) is 1. The minimum absolute atomic E-state index is 0.127. The number of hydrogen-bond acceptors (Lipinski definition) is 4. The van der Waals surface area contributed by atoms with Gasteiger partial charge in [-0.25, -0.2) is 0 Å². The highest BCUT2D eigenvalue weighted by atomic mass is 16.5. The van der Waals surface area contributed by atoms with Gasteiger partial charge in [0.1, 0.15) is 0 Å². The molecule has 0 aliphatic carbocycles. The Bertz CT molecular complexity index is 615. The first-order chi connectivity index (χ1) is 10.8. The highest BCUT2D eigenvalue weighted by Gasteiger charge is 2.39. The lowest BCUT2D eigenvalue weighted by Crippen LogP contribution is -2.24. The maximum absolute atomic E-state index is 12.1. The molecule has 2 atom stereocenters. The van der Waals surface area contributed by atoms with Crippen molar-refractivity contribution in [1.29, 1.82) is 0 Å². The summed E-state index contributed by atoms with van der Waals surface area (Å²) in [6, 6.07) is 14.3. The van der Waals surface area contributed by atoms with Crippen LogP contribution in [0.1, 0.15) is 17.0 Å². The first-order valence-corrected chi connectivity index (χ1v) is 7.52. The molecule has 0 saturated carbocycles. The number of likely N-dealkylation sites (tertiary alicyclic amines) is 1. The number of pyridine rings is 1. The summed E-state index contributed by atoms with van der Waals surface area (Å²) < 4.78 is 5.00. The van der Waals surface area contributed by atoms with Gasteiger partial charge in [0.15, 0.2) is 0 Å². The topological polar surface area (TPSA) is 42.4 Å². The Morgan fingerprint density at radius 2 is 2.05 bits per heavy atom. The van der Waals surface area contributed by atoms with Crippen molar-refractivity contribution in [3.8, 4) is 0 Å². The average Bonchev–Trinajstić information content (AvgIpc) is 3.00. The van der Waals surface area contributed by atoms with Gasteiger partial charge in [-0.05, 0) is 17.2 Å². The number of aromatic nitrogens is 1. The van der Waals surface area contributed by atoms with E-state index in [9.17, 15) is 4.79 Å². The van der Waals surface area contributed by atoms with Crippen LogP contribution >= 0.6 is 0 Å². The van der Waals surface area contributed by atoms with Crippen LogP contribution in [0.25, 0.3) is 0 Å². The third-order valence-electron chi connectivity index (χ3n) is 4.26. The Morgan fingerprint density at radius 1 is 1.23 bits per heavy atom. The van der Waals surface area contributed by atoms with Crippen molar-refractivity contribution in [3.63, 3.8) is 0 Å². The standard InChI is InChI=1S/C18H20N2O2/c1-22-18(21)17-13-20(11-14-6-3-2-4-7-14)12-16(17)15-8-5-9-19-10-15/h2-10,16-17H,11-13H2,1H3/t16?,17-/m0/s1. The van der Waals surface area contributed by atoms with Crippen molar-refractivity contribution in [2.24, 2.45) is 5.92 Å². The first-order valence-electron chi connectivity index (χ1n) is 7.52. The number of hydrogen-bond donors (Lipinski definition) is 0. The Kier molecular flexibility index (Phi) is 4.49. The molecule has 1 aromatic heterocycles. The predicted octanol–water partition coefficient (Wildman–Crippen LogP) is 2.47. The molecular formula is C18H20N2O2. The molecule has 2 heterocycles. The number of benzene rings is 1. The smallest absolute Gasteiger partial charge is 0.310 e. The zero-order chi connectivity index (χ0) is 15.4. The highest BCUT2D eigenvalue weighted by molar-refractivity contribution is 5.74. The lowest BCUT2D eigenvalue weighted by molar-refractivity contribution is -0.145. The Morgan fingerprint density at radius 3 is 2.73 bits per heavy atom. The molecule has 0 N–H and O–H groups in total. The van der Waals surface area contributed by atoms with Crippen LogP contribution in [-0.4, -0.2) is 36.1 Å². The van der Waals surface area contributed by atoms with E-state index in [0.717, 1.165) is 25.2 Å². The van der Waals surface area contributed by atoms with E-state index >= 15 is 0 Å². The quantitative estimate of drug-likeness (QED) is 0.813. The van der Waals surface area contributed by atoms with Gasteiger partial charge < -0.3 is 4.74 Å². The van der Waals surface area contributed by atoms with Crippen molar-refractivity contribution in [3.05, 3.63) is 66.0 Å².